The van der Waals surface area contributed by atoms with Gasteiger partial charge in [-0.2, -0.15) is 0 Å². The van der Waals surface area contributed by atoms with Gasteiger partial charge in [-0.3, -0.25) is 9.59 Å². The first-order valence-corrected chi connectivity index (χ1v) is 13.8. The summed E-state index contributed by atoms with van der Waals surface area (Å²) in [4.78, 5) is 25.0. The van der Waals surface area contributed by atoms with Crippen LogP contribution in [0.5, 0.6) is 0 Å². The van der Waals surface area contributed by atoms with Crippen LogP contribution in [0.4, 0.5) is 0 Å². The number of ether oxygens (including phenoxy) is 2. The van der Waals surface area contributed by atoms with Crippen LogP contribution in [0.2, 0.25) is 0 Å². The minimum Gasteiger partial charge on any atom is -0.489 e. The molecule has 0 aromatic rings. The lowest BCUT2D eigenvalue weighted by molar-refractivity contribution is -0.121. The monoisotopic (exact) mass is 478 g/mol. The molecule has 0 saturated heterocycles. The van der Waals surface area contributed by atoms with Crippen LogP contribution in [-0.4, -0.2) is 37.5 Å². The Balaban J connectivity index is 1.96. The van der Waals surface area contributed by atoms with E-state index >= 15 is 0 Å². The summed E-state index contributed by atoms with van der Waals surface area (Å²) in [6.07, 6.45) is 23.4. The fraction of sp³-hybridized carbons (Fsp3) is 0.793. The van der Waals surface area contributed by atoms with Crippen LogP contribution < -0.4 is 0 Å². The molecule has 0 unspecified atom stereocenters. The molecule has 0 saturated carbocycles. The van der Waals surface area contributed by atoms with Crippen LogP contribution in [0.25, 0.3) is 0 Å². The molecule has 1 rings (SSSR count). The minimum absolute atomic E-state index is 0.0232. The average Bonchev–Trinajstić information content (AvgIpc) is 2.84. The van der Waals surface area contributed by atoms with Gasteiger partial charge < -0.3 is 14.6 Å². The maximum atomic E-state index is 12.6. The number of hydrogen-bond acceptors (Lipinski definition) is 5. The van der Waals surface area contributed by atoms with Gasteiger partial charge in [-0.05, 0) is 26.2 Å². The molecule has 1 aliphatic carbocycles. The summed E-state index contributed by atoms with van der Waals surface area (Å²) >= 11 is 0. The lowest BCUT2D eigenvalue weighted by atomic mass is 9.89. The van der Waals surface area contributed by atoms with Crippen LogP contribution in [0.15, 0.2) is 22.7 Å². The van der Waals surface area contributed by atoms with Crippen molar-refractivity contribution in [3.8, 4) is 0 Å². The summed E-state index contributed by atoms with van der Waals surface area (Å²) in [5.74, 6) is -0.377. The van der Waals surface area contributed by atoms with Crippen molar-refractivity contribution in [3.05, 3.63) is 22.7 Å². The Morgan fingerprint density at radius 1 is 0.529 bits per heavy atom. The van der Waals surface area contributed by atoms with Gasteiger partial charge in [0.05, 0.1) is 14.2 Å². The minimum atomic E-state index is -0.237. The van der Waals surface area contributed by atoms with Gasteiger partial charge in [-0.15, -0.1) is 0 Å². The van der Waals surface area contributed by atoms with E-state index in [1.54, 1.807) is 6.92 Å². The van der Waals surface area contributed by atoms with Crippen molar-refractivity contribution in [2.45, 2.75) is 129 Å². The fourth-order valence-corrected chi connectivity index (χ4v) is 4.73. The number of aliphatic hydroxyl groups is 1. The van der Waals surface area contributed by atoms with Crippen molar-refractivity contribution in [2.75, 3.05) is 20.8 Å². The fourth-order valence-electron chi connectivity index (χ4n) is 4.73. The first-order valence-electron chi connectivity index (χ1n) is 13.8. The molecule has 0 aliphatic heterocycles. The molecular weight excluding hydrogens is 428 g/mol. The third kappa shape index (κ3) is 11.7. The maximum absolute atomic E-state index is 12.6. The van der Waals surface area contributed by atoms with Crippen molar-refractivity contribution in [1.82, 2.24) is 0 Å². The zero-order valence-electron chi connectivity index (χ0n) is 22.2. The van der Waals surface area contributed by atoms with E-state index in [-0.39, 0.29) is 23.1 Å². The molecule has 5 heteroatoms. The average molecular weight is 479 g/mol. The number of Topliss-reactive ketones (excluding diaryl/α,β-unsaturated/α-hetero) is 2. The van der Waals surface area contributed by atoms with Crippen LogP contribution >= 0.6 is 0 Å². The van der Waals surface area contributed by atoms with E-state index in [1.807, 2.05) is 0 Å². The Labute approximate surface area is 208 Å². The number of rotatable bonds is 22. The Morgan fingerprint density at radius 2 is 0.853 bits per heavy atom. The van der Waals surface area contributed by atoms with Crippen LogP contribution in [-0.2, 0) is 19.1 Å². The van der Waals surface area contributed by atoms with Gasteiger partial charge in [-0.1, -0.05) is 103 Å². The highest BCUT2D eigenvalue weighted by molar-refractivity contribution is 6.23. The number of carbonyl (C=O) groups excluding carboxylic acids is 2. The summed E-state index contributed by atoms with van der Waals surface area (Å²) in [6, 6.07) is 0. The summed E-state index contributed by atoms with van der Waals surface area (Å²) in [7, 11) is 2.80. The van der Waals surface area contributed by atoms with E-state index in [2.05, 4.69) is 0 Å². The molecule has 0 heterocycles. The van der Waals surface area contributed by atoms with Crippen molar-refractivity contribution >= 4 is 11.6 Å². The van der Waals surface area contributed by atoms with E-state index < -0.39 is 0 Å². The molecule has 0 aromatic carbocycles. The number of hydrogen-bond donors (Lipinski definition) is 1. The lowest BCUT2D eigenvalue weighted by Crippen LogP contribution is -2.25. The van der Waals surface area contributed by atoms with Crippen molar-refractivity contribution in [3.63, 3.8) is 0 Å². The van der Waals surface area contributed by atoms with Crippen LogP contribution in [0.1, 0.15) is 129 Å². The molecule has 34 heavy (non-hydrogen) atoms. The van der Waals surface area contributed by atoms with Gasteiger partial charge in [0.25, 0.3) is 0 Å². The molecule has 0 fully saturated rings. The Morgan fingerprint density at radius 3 is 1.21 bits per heavy atom. The second kappa shape index (κ2) is 19.7. The number of allylic oxidation sites excluding steroid dienone is 2. The first kappa shape index (κ1) is 30.4. The number of unbranched alkanes of at least 4 members (excludes halogenated alkanes) is 17. The molecule has 0 aromatic heterocycles. The van der Waals surface area contributed by atoms with E-state index in [0.29, 0.717) is 24.2 Å². The number of aliphatic hydroxyl groups excluding tert-OH is 1. The maximum Gasteiger partial charge on any atom is 0.228 e. The predicted molar refractivity (Wildman–Crippen MR) is 139 cm³/mol. The van der Waals surface area contributed by atoms with Gasteiger partial charge in [0.1, 0.15) is 0 Å². The molecule has 0 atom stereocenters. The molecule has 196 valence electrons. The second-order valence-corrected chi connectivity index (χ2v) is 9.67. The topological polar surface area (TPSA) is 72.8 Å². The Hall–Kier alpha value is -1.62. The summed E-state index contributed by atoms with van der Waals surface area (Å²) in [6.45, 7) is 2.06. The number of methoxy groups -OCH3 is 2. The molecule has 0 amide bonds. The summed E-state index contributed by atoms with van der Waals surface area (Å²) in [5.41, 5.74) is 1.08. The summed E-state index contributed by atoms with van der Waals surface area (Å²) in [5, 5.41) is 8.76. The first-order chi connectivity index (χ1) is 16.6. The Bertz CT molecular complexity index is 647. The predicted octanol–water partition coefficient (Wildman–Crippen LogP) is 7.36. The molecule has 0 radical (unpaired) electrons. The quantitative estimate of drug-likeness (QED) is 0.130. The highest BCUT2D eigenvalue weighted by atomic mass is 16.5. The molecular formula is C29H50O5. The SMILES string of the molecule is COC1=C(OC)C(=O)C(CCCCCCCCCCCCCCCCCCCCO)=C(C)C1=O. The van der Waals surface area contributed by atoms with Gasteiger partial charge in [0, 0.05) is 17.8 Å². The second-order valence-electron chi connectivity index (χ2n) is 9.67. The van der Waals surface area contributed by atoms with E-state index in [4.69, 9.17) is 14.6 Å². The van der Waals surface area contributed by atoms with Crippen LogP contribution in [0, 0.1) is 0 Å². The third-order valence-corrected chi connectivity index (χ3v) is 6.93. The van der Waals surface area contributed by atoms with E-state index in [9.17, 15) is 9.59 Å². The Kier molecular flexibility index (Phi) is 17.6. The highest BCUT2D eigenvalue weighted by Gasteiger charge is 2.34. The smallest absolute Gasteiger partial charge is 0.228 e. The zero-order chi connectivity index (χ0) is 25.0. The van der Waals surface area contributed by atoms with Gasteiger partial charge in [0.2, 0.25) is 23.1 Å². The van der Waals surface area contributed by atoms with E-state index in [0.717, 1.165) is 19.3 Å². The molecule has 1 aliphatic rings. The van der Waals surface area contributed by atoms with Crippen molar-refractivity contribution < 1.29 is 24.2 Å². The number of ketones is 2. The lowest BCUT2D eigenvalue weighted by Gasteiger charge is -2.20. The van der Waals surface area contributed by atoms with Gasteiger partial charge in [-0.25, -0.2) is 0 Å². The standard InChI is InChI=1S/C29H50O5/c1-24-25(27(32)29(34-3)28(33-2)26(24)31)22-20-18-16-14-12-10-8-6-4-5-7-9-11-13-15-17-19-21-23-30/h30H,4-23H2,1-3H3. The normalized spacial score (nSPS) is 14.4. The largest absolute Gasteiger partial charge is 0.489 e. The zero-order valence-corrected chi connectivity index (χ0v) is 22.2. The highest BCUT2D eigenvalue weighted by Crippen LogP contribution is 2.28. The van der Waals surface area contributed by atoms with Gasteiger partial charge in [0.15, 0.2) is 0 Å². The molecule has 1 N–H and O–H groups in total. The summed E-state index contributed by atoms with van der Waals surface area (Å²) < 4.78 is 10.2. The molecule has 0 bridgehead atoms. The van der Waals surface area contributed by atoms with E-state index in [1.165, 1.54) is 111 Å². The number of carbonyl (C=O) groups is 2. The third-order valence-electron chi connectivity index (χ3n) is 6.93. The van der Waals surface area contributed by atoms with Crippen LogP contribution in [0.3, 0.4) is 0 Å². The van der Waals surface area contributed by atoms with Gasteiger partial charge >= 0.3 is 0 Å². The van der Waals surface area contributed by atoms with Crippen molar-refractivity contribution in [2.24, 2.45) is 0 Å². The molecule has 0 spiro atoms. The van der Waals surface area contributed by atoms with Crippen molar-refractivity contribution in [1.29, 1.82) is 0 Å². The molecule has 5 nitrogen and oxygen atoms in total.